The zero-order valence-corrected chi connectivity index (χ0v) is 24.5. The van der Waals surface area contributed by atoms with Gasteiger partial charge in [0.2, 0.25) is 23.3 Å². The summed E-state index contributed by atoms with van der Waals surface area (Å²) < 4.78 is 7.49. The minimum Gasteiger partial charge on any atom is -0.543 e. The average molecular weight is 623 g/mol. The van der Waals surface area contributed by atoms with Crippen LogP contribution in [0.2, 0.25) is 0 Å². The van der Waals surface area contributed by atoms with Crippen molar-refractivity contribution in [2.45, 2.75) is 63.8 Å². The Morgan fingerprint density at radius 1 is 1.36 bits per heavy atom. The number of oxime groups is 1. The summed E-state index contributed by atoms with van der Waals surface area (Å²) in [7, 11) is 0. The van der Waals surface area contributed by atoms with E-state index in [1.54, 1.807) is 15.6 Å². The molecule has 0 radical (unpaired) electrons. The Bertz CT molecular complexity index is 1500. The second-order valence-electron chi connectivity index (χ2n) is 9.87. The first-order valence-electron chi connectivity index (χ1n) is 12.7. The first-order chi connectivity index (χ1) is 19.8. The van der Waals surface area contributed by atoms with Crippen LogP contribution in [0.1, 0.15) is 38.6 Å². The molecule has 4 rings (SSSR count). The summed E-state index contributed by atoms with van der Waals surface area (Å²) in [5, 5.41) is 27.0. The number of thioether (sulfide) groups is 1. The van der Waals surface area contributed by atoms with Gasteiger partial charge in [-0.25, -0.2) is 4.79 Å². The Labute approximate surface area is 247 Å². The van der Waals surface area contributed by atoms with Crippen LogP contribution in [0.5, 0.6) is 0 Å². The molecule has 2 amide bonds. The standard InChI is InChI=1S/C23H30N10O7S2/c1-4-5-32-15(25)10(6-24)7-31(32)8-11-9-41-19-13(18(35)33(19)14(11)20(36)37)27-17(34)12(16-28-22(26)42-30-16)29-40-23(2,3)21(38)39/h7,13,19,25H,4-6,8-9,24H2,1-3H3,(H5,26,27,28,30,34,36,37,38,39)/b29-12-/t13-,19-/m1/s1. The molecular weight excluding hydrogens is 592 g/mol. The SMILES string of the molecule is CCCn1c(N)c(CN)c[n+]1CC1=C(C(=O)[O-])N2C(=O)[C@@H](NC(=O)/C(=N\OC(C)(C)C(=O)O)c3nsc(N)n3)[C@H]2SC1. The molecule has 2 aliphatic rings. The molecule has 2 aromatic heterocycles. The largest absolute Gasteiger partial charge is 0.543 e. The number of anilines is 2. The van der Waals surface area contributed by atoms with E-state index in [9.17, 15) is 29.4 Å². The molecule has 226 valence electrons. The molecule has 1 saturated heterocycles. The highest BCUT2D eigenvalue weighted by atomic mass is 32.2. The zero-order valence-electron chi connectivity index (χ0n) is 22.9. The van der Waals surface area contributed by atoms with Gasteiger partial charge in [0.25, 0.3) is 11.8 Å². The number of nitrogen functional groups attached to an aromatic ring is 2. The number of rotatable bonds is 12. The van der Waals surface area contributed by atoms with Gasteiger partial charge in [-0.15, -0.1) is 21.1 Å². The molecule has 19 heteroatoms. The lowest BCUT2D eigenvalue weighted by molar-refractivity contribution is -0.767. The summed E-state index contributed by atoms with van der Waals surface area (Å²) in [6.07, 6.45) is 2.52. The highest BCUT2D eigenvalue weighted by Gasteiger charge is 2.53. The van der Waals surface area contributed by atoms with Crippen molar-refractivity contribution in [1.29, 1.82) is 0 Å². The van der Waals surface area contributed by atoms with Crippen molar-refractivity contribution in [2.24, 2.45) is 10.9 Å². The fourth-order valence-corrected chi connectivity index (χ4v) is 6.05. The maximum absolute atomic E-state index is 13.2. The summed E-state index contributed by atoms with van der Waals surface area (Å²) in [6, 6.07) is -1.14. The number of fused-ring (bicyclic) bond motifs is 1. The molecular formula is C23H30N10O7S2. The number of hydrogen-bond acceptors (Lipinski definition) is 14. The van der Waals surface area contributed by atoms with Crippen LogP contribution in [0.25, 0.3) is 0 Å². The van der Waals surface area contributed by atoms with Crippen molar-refractivity contribution in [3.8, 4) is 0 Å². The third kappa shape index (κ3) is 5.74. The lowest BCUT2D eigenvalue weighted by Gasteiger charge is -2.50. The molecule has 2 aromatic rings. The van der Waals surface area contributed by atoms with Crippen molar-refractivity contribution in [2.75, 3.05) is 17.2 Å². The molecule has 17 nitrogen and oxygen atoms in total. The predicted octanol–water partition coefficient (Wildman–Crippen LogP) is -2.65. The van der Waals surface area contributed by atoms with Gasteiger partial charge in [0.05, 0.1) is 23.8 Å². The van der Waals surface area contributed by atoms with Crippen LogP contribution < -0.4 is 32.3 Å². The van der Waals surface area contributed by atoms with Crippen LogP contribution in [-0.4, -0.2) is 76.3 Å². The lowest BCUT2D eigenvalue weighted by Crippen LogP contribution is -2.71. The van der Waals surface area contributed by atoms with Gasteiger partial charge in [0, 0.05) is 29.4 Å². The summed E-state index contributed by atoms with van der Waals surface area (Å²) in [5.74, 6) is -4.07. The molecule has 0 spiro atoms. The van der Waals surface area contributed by atoms with Crippen LogP contribution in [0, 0.1) is 0 Å². The predicted molar refractivity (Wildman–Crippen MR) is 148 cm³/mol. The quantitative estimate of drug-likeness (QED) is 0.0702. The molecule has 4 heterocycles. The molecule has 0 aliphatic carbocycles. The Hall–Kier alpha value is -4.23. The number of carboxylic acid groups (broad SMARTS) is 2. The number of nitrogens with zero attached hydrogens (tertiary/aromatic N) is 6. The second-order valence-corrected chi connectivity index (χ2v) is 11.8. The Balaban J connectivity index is 1.58. The monoisotopic (exact) mass is 622 g/mol. The number of nitrogens with one attached hydrogen (secondary N) is 1. The van der Waals surface area contributed by atoms with E-state index in [4.69, 9.17) is 22.0 Å². The van der Waals surface area contributed by atoms with Gasteiger partial charge >= 0.3 is 5.97 Å². The Kier molecular flexibility index (Phi) is 8.73. The van der Waals surface area contributed by atoms with Gasteiger partial charge in [0.1, 0.15) is 11.4 Å². The van der Waals surface area contributed by atoms with Crippen LogP contribution in [-0.2, 0) is 43.7 Å². The van der Waals surface area contributed by atoms with E-state index in [-0.39, 0.29) is 35.5 Å². The van der Waals surface area contributed by atoms with Crippen LogP contribution in [0.15, 0.2) is 22.6 Å². The van der Waals surface area contributed by atoms with E-state index in [1.807, 2.05) is 6.92 Å². The fraction of sp³-hybridized carbons (Fsp3) is 0.478. The van der Waals surface area contributed by atoms with Gasteiger partial charge < -0.3 is 42.4 Å². The normalized spacial score (nSPS) is 18.9. The molecule has 1 fully saturated rings. The number of aromatic nitrogens is 4. The van der Waals surface area contributed by atoms with Gasteiger partial charge in [-0.3, -0.25) is 14.5 Å². The number of amides is 2. The van der Waals surface area contributed by atoms with Crippen molar-refractivity contribution < 1.29 is 38.9 Å². The number of carbonyl (C=O) groups excluding carboxylic acids is 3. The smallest absolute Gasteiger partial charge is 0.350 e. The van der Waals surface area contributed by atoms with E-state index in [0.29, 0.717) is 23.5 Å². The van der Waals surface area contributed by atoms with Crippen molar-refractivity contribution in [1.82, 2.24) is 24.3 Å². The minimum atomic E-state index is -1.80. The van der Waals surface area contributed by atoms with Gasteiger partial charge in [-0.1, -0.05) is 12.1 Å². The minimum absolute atomic E-state index is 0.0104. The average Bonchev–Trinajstić information content (AvgIpc) is 3.49. The number of aliphatic carboxylic acids is 2. The van der Waals surface area contributed by atoms with Gasteiger partial charge in [0.15, 0.2) is 17.5 Å². The van der Waals surface area contributed by atoms with Crippen LogP contribution in [0.4, 0.5) is 10.9 Å². The fourth-order valence-electron chi connectivity index (χ4n) is 4.28. The third-order valence-corrected chi connectivity index (χ3v) is 8.39. The number of β-lactam (4-membered cyclic amide) rings is 1. The van der Waals surface area contributed by atoms with E-state index >= 15 is 0 Å². The molecule has 0 saturated carbocycles. The Morgan fingerprint density at radius 3 is 2.64 bits per heavy atom. The topological polar surface area (TPSA) is 261 Å². The summed E-state index contributed by atoms with van der Waals surface area (Å²) in [4.78, 5) is 60.1. The summed E-state index contributed by atoms with van der Waals surface area (Å²) in [5.41, 5.74) is 16.2. The van der Waals surface area contributed by atoms with Crippen LogP contribution >= 0.6 is 23.3 Å². The maximum Gasteiger partial charge on any atom is 0.350 e. The van der Waals surface area contributed by atoms with Crippen molar-refractivity contribution in [3.63, 3.8) is 0 Å². The third-order valence-electron chi connectivity index (χ3n) is 6.51. The van der Waals surface area contributed by atoms with E-state index in [0.717, 1.165) is 22.9 Å². The molecule has 42 heavy (non-hydrogen) atoms. The first kappa shape index (κ1) is 30.7. The van der Waals surface area contributed by atoms with Gasteiger partial charge in [-0.05, 0) is 20.3 Å². The number of carboxylic acids is 2. The molecule has 0 bridgehead atoms. The first-order valence-corrected chi connectivity index (χ1v) is 14.5. The molecule has 0 unspecified atom stereocenters. The molecule has 2 atom stereocenters. The number of carbonyl (C=O) groups is 4. The molecule has 8 N–H and O–H groups in total. The zero-order chi connectivity index (χ0) is 30.9. The van der Waals surface area contributed by atoms with E-state index in [1.165, 1.54) is 25.6 Å². The number of hydrogen-bond donors (Lipinski definition) is 5. The highest BCUT2D eigenvalue weighted by Crippen LogP contribution is 2.40. The highest BCUT2D eigenvalue weighted by molar-refractivity contribution is 8.00. The Morgan fingerprint density at radius 2 is 2.07 bits per heavy atom. The van der Waals surface area contributed by atoms with Crippen molar-refractivity contribution >= 4 is 63.7 Å². The maximum atomic E-state index is 13.2. The summed E-state index contributed by atoms with van der Waals surface area (Å²) >= 11 is 2.02. The van der Waals surface area contributed by atoms with Crippen molar-refractivity contribution in [3.05, 3.63) is 28.9 Å². The van der Waals surface area contributed by atoms with E-state index in [2.05, 4.69) is 19.8 Å². The number of nitrogens with two attached hydrogens (primary N) is 3. The summed E-state index contributed by atoms with van der Waals surface area (Å²) in [6.45, 7) is 5.31. The van der Waals surface area contributed by atoms with E-state index < -0.39 is 46.5 Å². The molecule has 0 aromatic carbocycles. The molecule has 2 aliphatic heterocycles. The van der Waals surface area contributed by atoms with Gasteiger partial charge in [-0.2, -0.15) is 9.36 Å². The second kappa shape index (κ2) is 11.9. The van der Waals surface area contributed by atoms with Crippen LogP contribution in [0.3, 0.4) is 0 Å². The lowest BCUT2D eigenvalue weighted by atomic mass is 10.0.